The fraction of sp³-hybridized carbons (Fsp3) is 0.222. The van der Waals surface area contributed by atoms with Crippen LogP contribution in [0.25, 0.3) is 0 Å². The van der Waals surface area contributed by atoms with E-state index in [-0.39, 0.29) is 16.1 Å². The van der Waals surface area contributed by atoms with E-state index in [1.807, 2.05) is 0 Å². The SMILES string of the molecule is CC(C)(C)N(Cl)N(C(=O)c1ccc(F)cc1)C(=O)c1ccccc1Cl. The van der Waals surface area contributed by atoms with Crippen LogP contribution in [0.4, 0.5) is 4.39 Å². The number of halogens is 3. The Morgan fingerprint density at radius 2 is 1.52 bits per heavy atom. The highest BCUT2D eigenvalue weighted by Crippen LogP contribution is 2.26. The van der Waals surface area contributed by atoms with Crippen molar-refractivity contribution in [3.8, 4) is 0 Å². The summed E-state index contributed by atoms with van der Waals surface area (Å²) in [5.41, 5.74) is -0.486. The first-order chi connectivity index (χ1) is 11.6. The fourth-order valence-corrected chi connectivity index (χ4v) is 2.37. The number of nitrogens with zero attached hydrogens (tertiary/aromatic N) is 2. The molecule has 0 atom stereocenters. The molecular weight excluding hydrogens is 366 g/mol. The van der Waals surface area contributed by atoms with Gasteiger partial charge in [0.15, 0.2) is 0 Å². The molecule has 4 nitrogen and oxygen atoms in total. The van der Waals surface area contributed by atoms with Gasteiger partial charge in [0.05, 0.1) is 10.6 Å². The van der Waals surface area contributed by atoms with Gasteiger partial charge in [0.2, 0.25) is 0 Å². The smallest absolute Gasteiger partial charge is 0.267 e. The maximum Gasteiger partial charge on any atom is 0.278 e. The zero-order chi connectivity index (χ0) is 18.8. The van der Waals surface area contributed by atoms with Crippen LogP contribution in [0.2, 0.25) is 5.02 Å². The Morgan fingerprint density at radius 3 is 2.04 bits per heavy atom. The van der Waals surface area contributed by atoms with Crippen molar-refractivity contribution < 1.29 is 14.0 Å². The van der Waals surface area contributed by atoms with Crippen LogP contribution in [0, 0.1) is 5.82 Å². The number of hydrogen-bond acceptors (Lipinski definition) is 3. The molecule has 7 heteroatoms. The predicted molar refractivity (Wildman–Crippen MR) is 95.8 cm³/mol. The molecule has 0 aromatic heterocycles. The lowest BCUT2D eigenvalue weighted by Crippen LogP contribution is -2.53. The quantitative estimate of drug-likeness (QED) is 0.429. The van der Waals surface area contributed by atoms with Crippen LogP contribution >= 0.6 is 23.4 Å². The van der Waals surface area contributed by atoms with Crippen LogP contribution in [-0.2, 0) is 0 Å². The first-order valence-electron chi connectivity index (χ1n) is 7.47. The van der Waals surface area contributed by atoms with Gasteiger partial charge in [0.25, 0.3) is 11.8 Å². The van der Waals surface area contributed by atoms with E-state index in [4.69, 9.17) is 23.4 Å². The second-order valence-corrected chi connectivity index (χ2v) is 7.07. The number of carbonyl (C=O) groups excluding carboxylic acids is 2. The van der Waals surface area contributed by atoms with Crippen LogP contribution in [0.15, 0.2) is 48.5 Å². The van der Waals surface area contributed by atoms with Crippen molar-refractivity contribution in [1.82, 2.24) is 9.54 Å². The summed E-state index contributed by atoms with van der Waals surface area (Å²) in [6.07, 6.45) is 0. The van der Waals surface area contributed by atoms with E-state index in [0.29, 0.717) is 0 Å². The number of benzene rings is 2. The highest BCUT2D eigenvalue weighted by Gasteiger charge is 2.36. The third-order valence-electron chi connectivity index (χ3n) is 3.31. The number of rotatable bonds is 3. The Kier molecular flexibility index (Phi) is 5.83. The molecule has 0 aliphatic heterocycles. The van der Waals surface area contributed by atoms with Crippen molar-refractivity contribution in [2.24, 2.45) is 0 Å². The molecule has 0 saturated carbocycles. The summed E-state index contributed by atoms with van der Waals surface area (Å²) in [4.78, 5) is 25.8. The van der Waals surface area contributed by atoms with Gasteiger partial charge in [-0.05, 0) is 57.2 Å². The van der Waals surface area contributed by atoms with E-state index in [0.717, 1.165) is 21.7 Å². The van der Waals surface area contributed by atoms with Crippen LogP contribution in [0.1, 0.15) is 41.5 Å². The number of hydrazine groups is 1. The zero-order valence-corrected chi connectivity index (χ0v) is 15.5. The molecule has 0 heterocycles. The van der Waals surface area contributed by atoms with Gasteiger partial charge in [-0.1, -0.05) is 23.7 Å². The van der Waals surface area contributed by atoms with Crippen molar-refractivity contribution >= 4 is 35.2 Å². The number of amides is 2. The van der Waals surface area contributed by atoms with Gasteiger partial charge in [-0.2, -0.15) is 5.01 Å². The first-order valence-corrected chi connectivity index (χ1v) is 8.19. The molecule has 0 N–H and O–H groups in total. The van der Waals surface area contributed by atoms with Gasteiger partial charge in [-0.25, -0.2) is 4.39 Å². The van der Waals surface area contributed by atoms with Gasteiger partial charge in [-0.3, -0.25) is 9.59 Å². The summed E-state index contributed by atoms with van der Waals surface area (Å²) in [5, 5.41) is 0.999. The molecular formula is C18H17Cl2FN2O2. The third kappa shape index (κ3) is 4.37. The molecule has 2 aromatic carbocycles. The molecule has 0 bridgehead atoms. The third-order valence-corrected chi connectivity index (χ3v) is 4.30. The van der Waals surface area contributed by atoms with Crippen molar-refractivity contribution in [2.45, 2.75) is 26.3 Å². The molecule has 132 valence electrons. The summed E-state index contributed by atoms with van der Waals surface area (Å²) in [7, 11) is 0. The topological polar surface area (TPSA) is 40.6 Å². The number of hydrogen-bond donors (Lipinski definition) is 0. The molecule has 0 aliphatic carbocycles. The van der Waals surface area contributed by atoms with Crippen molar-refractivity contribution in [3.05, 3.63) is 70.5 Å². The lowest BCUT2D eigenvalue weighted by Gasteiger charge is -2.36. The molecule has 0 fully saturated rings. The maximum absolute atomic E-state index is 13.1. The minimum atomic E-state index is -0.742. The fourth-order valence-electron chi connectivity index (χ4n) is 2.02. The zero-order valence-electron chi connectivity index (χ0n) is 14.0. The lowest BCUT2D eigenvalue weighted by atomic mass is 10.1. The van der Waals surface area contributed by atoms with E-state index in [2.05, 4.69) is 0 Å². The Labute approximate surface area is 155 Å². The summed E-state index contributed by atoms with van der Waals surface area (Å²) in [6.45, 7) is 5.22. The predicted octanol–water partition coefficient (Wildman–Crippen LogP) is 4.93. The normalized spacial score (nSPS) is 11.5. The summed E-state index contributed by atoms with van der Waals surface area (Å²) < 4.78 is 14.1. The van der Waals surface area contributed by atoms with Crippen LogP contribution < -0.4 is 0 Å². The van der Waals surface area contributed by atoms with E-state index < -0.39 is 23.2 Å². The summed E-state index contributed by atoms with van der Waals surface area (Å²) in [5.74, 6) is -1.85. The Bertz CT molecular complexity index is 788. The van der Waals surface area contributed by atoms with Gasteiger partial charge in [0.1, 0.15) is 5.82 Å². The van der Waals surface area contributed by atoms with E-state index >= 15 is 0 Å². The molecule has 0 saturated heterocycles. The molecule has 2 rings (SSSR count). The minimum Gasteiger partial charge on any atom is -0.267 e. The second kappa shape index (κ2) is 7.52. The molecule has 0 spiro atoms. The van der Waals surface area contributed by atoms with Crippen LogP contribution in [0.5, 0.6) is 0 Å². The van der Waals surface area contributed by atoms with Gasteiger partial charge < -0.3 is 0 Å². The van der Waals surface area contributed by atoms with Crippen molar-refractivity contribution in [1.29, 1.82) is 0 Å². The van der Waals surface area contributed by atoms with E-state index in [1.165, 1.54) is 18.2 Å². The monoisotopic (exact) mass is 382 g/mol. The number of carbonyl (C=O) groups is 2. The Morgan fingerprint density at radius 1 is 0.960 bits per heavy atom. The lowest BCUT2D eigenvalue weighted by molar-refractivity contribution is 0.00545. The van der Waals surface area contributed by atoms with Crippen molar-refractivity contribution in [2.75, 3.05) is 0 Å². The molecule has 0 aliphatic rings. The van der Waals surface area contributed by atoms with Gasteiger partial charge in [0, 0.05) is 22.9 Å². The Hall–Kier alpha value is -1.95. The molecule has 0 radical (unpaired) electrons. The second-order valence-electron chi connectivity index (χ2n) is 6.34. The van der Waals surface area contributed by atoms with E-state index in [1.54, 1.807) is 39.0 Å². The average Bonchev–Trinajstić information content (AvgIpc) is 2.55. The van der Waals surface area contributed by atoms with E-state index in [9.17, 15) is 14.0 Å². The molecule has 25 heavy (non-hydrogen) atoms. The van der Waals surface area contributed by atoms with Gasteiger partial charge in [-0.15, -0.1) is 4.53 Å². The standard InChI is InChI=1S/C18H17Cl2FN2O2/c1-18(2,3)23(20)22(16(24)12-8-10-13(21)11-9-12)17(25)14-6-4-5-7-15(14)19/h4-11H,1-3H3. The maximum atomic E-state index is 13.1. The highest BCUT2D eigenvalue weighted by molar-refractivity contribution is 6.34. The Balaban J connectivity index is 2.50. The molecule has 0 unspecified atom stereocenters. The van der Waals surface area contributed by atoms with Crippen LogP contribution in [0.3, 0.4) is 0 Å². The van der Waals surface area contributed by atoms with Crippen molar-refractivity contribution in [3.63, 3.8) is 0 Å². The summed E-state index contributed by atoms with van der Waals surface area (Å²) >= 11 is 12.4. The highest BCUT2D eigenvalue weighted by atomic mass is 35.5. The number of imide groups is 1. The minimum absolute atomic E-state index is 0.122. The van der Waals surface area contributed by atoms with Crippen LogP contribution in [-0.4, -0.2) is 26.9 Å². The largest absolute Gasteiger partial charge is 0.278 e. The van der Waals surface area contributed by atoms with Gasteiger partial charge >= 0.3 is 0 Å². The first kappa shape index (κ1) is 19.4. The molecule has 2 aromatic rings. The summed E-state index contributed by atoms with van der Waals surface area (Å²) in [6, 6.07) is 11.2. The molecule has 2 amide bonds. The average molecular weight is 383 g/mol.